The summed E-state index contributed by atoms with van der Waals surface area (Å²) in [6.07, 6.45) is 1.39. The highest BCUT2D eigenvalue weighted by Crippen LogP contribution is 2.39. The number of pyridine rings is 2. The summed E-state index contributed by atoms with van der Waals surface area (Å²) in [6.45, 7) is 9.38. The SMILES string of the molecule is CC(C)(C)c1ccc(C(=O)NSc2cccc(NC(CC[C@@H]3CN(C(=O)C(F)(F)F)C(C)(C)C3)c3cncnc3)n2)c(Cl)n1. The molecule has 236 valence electrons. The zero-order valence-corrected chi connectivity index (χ0v) is 26.6. The predicted octanol–water partition coefficient (Wildman–Crippen LogP) is 6.78. The Bertz CT molecular complexity index is 1490. The number of carbonyl (C=O) groups excluding carboxylic acids is 2. The smallest absolute Gasteiger partial charge is 0.363 e. The Hall–Kier alpha value is -3.45. The van der Waals surface area contributed by atoms with E-state index in [-0.39, 0.29) is 34.6 Å². The third-order valence-corrected chi connectivity index (χ3v) is 8.46. The summed E-state index contributed by atoms with van der Waals surface area (Å²) in [4.78, 5) is 43.0. The van der Waals surface area contributed by atoms with E-state index < -0.39 is 23.5 Å². The average Bonchev–Trinajstić information content (AvgIpc) is 3.26. The largest absolute Gasteiger partial charge is 0.471 e. The molecule has 1 aliphatic rings. The molecular weight excluding hydrogens is 615 g/mol. The van der Waals surface area contributed by atoms with Crippen molar-refractivity contribution in [3.63, 3.8) is 0 Å². The van der Waals surface area contributed by atoms with E-state index in [4.69, 9.17) is 11.6 Å². The van der Waals surface area contributed by atoms with Crippen molar-refractivity contribution < 1.29 is 22.8 Å². The first kappa shape index (κ1) is 33.4. The van der Waals surface area contributed by atoms with Crippen molar-refractivity contribution in [3.8, 4) is 0 Å². The second-order valence-corrected chi connectivity index (χ2v) is 13.6. The molecule has 3 aromatic rings. The van der Waals surface area contributed by atoms with Crippen molar-refractivity contribution in [2.24, 2.45) is 5.92 Å². The molecule has 1 fully saturated rings. The highest BCUT2D eigenvalue weighted by molar-refractivity contribution is 7.97. The van der Waals surface area contributed by atoms with E-state index in [0.717, 1.165) is 28.1 Å². The highest BCUT2D eigenvalue weighted by Gasteiger charge is 2.50. The van der Waals surface area contributed by atoms with Gasteiger partial charge < -0.3 is 10.2 Å². The number of hydrogen-bond donors (Lipinski definition) is 2. The van der Waals surface area contributed by atoms with Gasteiger partial charge in [0.1, 0.15) is 22.3 Å². The number of amides is 2. The monoisotopic (exact) mass is 649 g/mol. The molecule has 0 saturated carbocycles. The molecule has 1 unspecified atom stereocenters. The number of anilines is 1. The summed E-state index contributed by atoms with van der Waals surface area (Å²) >= 11 is 7.33. The van der Waals surface area contributed by atoms with Crippen LogP contribution in [0.4, 0.5) is 19.0 Å². The zero-order valence-electron chi connectivity index (χ0n) is 25.1. The van der Waals surface area contributed by atoms with E-state index in [2.05, 4.69) is 30.0 Å². The number of carbonyl (C=O) groups is 2. The van der Waals surface area contributed by atoms with Gasteiger partial charge in [-0.25, -0.2) is 19.9 Å². The van der Waals surface area contributed by atoms with Crippen molar-refractivity contribution in [2.75, 3.05) is 11.9 Å². The van der Waals surface area contributed by atoms with Crippen LogP contribution in [0.3, 0.4) is 0 Å². The van der Waals surface area contributed by atoms with E-state index in [0.29, 0.717) is 30.1 Å². The molecule has 0 radical (unpaired) electrons. The van der Waals surface area contributed by atoms with Crippen LogP contribution in [0.1, 0.15) is 81.5 Å². The molecular formula is C30H35ClF3N7O2S. The Balaban J connectivity index is 1.42. The second-order valence-electron chi connectivity index (χ2n) is 12.4. The first-order valence-corrected chi connectivity index (χ1v) is 15.3. The Morgan fingerprint density at radius 2 is 1.82 bits per heavy atom. The van der Waals surface area contributed by atoms with Gasteiger partial charge in [-0.1, -0.05) is 38.4 Å². The maximum absolute atomic E-state index is 13.2. The summed E-state index contributed by atoms with van der Waals surface area (Å²) in [5.74, 6) is -1.81. The summed E-state index contributed by atoms with van der Waals surface area (Å²) in [5.41, 5.74) is 0.685. The van der Waals surface area contributed by atoms with Gasteiger partial charge in [0, 0.05) is 53.1 Å². The molecule has 0 aliphatic carbocycles. The molecule has 0 bridgehead atoms. The Morgan fingerprint density at radius 3 is 2.45 bits per heavy atom. The lowest BCUT2D eigenvalue weighted by molar-refractivity contribution is -0.188. The molecule has 1 aliphatic heterocycles. The predicted molar refractivity (Wildman–Crippen MR) is 163 cm³/mol. The number of aromatic nitrogens is 4. The maximum Gasteiger partial charge on any atom is 0.471 e. The third kappa shape index (κ3) is 8.38. The van der Waals surface area contributed by atoms with Crippen LogP contribution in [0.5, 0.6) is 0 Å². The van der Waals surface area contributed by atoms with Gasteiger partial charge in [-0.05, 0) is 63.3 Å². The molecule has 1 saturated heterocycles. The fraction of sp³-hybridized carbons (Fsp3) is 0.467. The van der Waals surface area contributed by atoms with Crippen LogP contribution in [0, 0.1) is 5.92 Å². The molecule has 0 aromatic carbocycles. The van der Waals surface area contributed by atoms with Crippen molar-refractivity contribution >= 4 is 41.2 Å². The molecule has 14 heteroatoms. The molecule has 3 aromatic heterocycles. The van der Waals surface area contributed by atoms with Gasteiger partial charge in [0.2, 0.25) is 0 Å². The van der Waals surface area contributed by atoms with Gasteiger partial charge in [-0.2, -0.15) is 13.2 Å². The molecule has 44 heavy (non-hydrogen) atoms. The fourth-order valence-electron chi connectivity index (χ4n) is 5.21. The Morgan fingerprint density at radius 1 is 1.11 bits per heavy atom. The van der Waals surface area contributed by atoms with Crippen LogP contribution in [0.25, 0.3) is 0 Å². The fourth-order valence-corrected chi connectivity index (χ4v) is 6.05. The van der Waals surface area contributed by atoms with Crippen LogP contribution >= 0.6 is 23.5 Å². The quantitative estimate of drug-likeness (QED) is 0.193. The van der Waals surface area contributed by atoms with Gasteiger partial charge in [0.05, 0.1) is 11.6 Å². The van der Waals surface area contributed by atoms with E-state index in [1.54, 1.807) is 56.6 Å². The van der Waals surface area contributed by atoms with E-state index in [1.165, 1.54) is 6.33 Å². The lowest BCUT2D eigenvalue weighted by atomic mass is 9.91. The minimum absolute atomic E-state index is 0.0336. The number of alkyl halides is 3. The van der Waals surface area contributed by atoms with Crippen molar-refractivity contribution in [2.45, 2.75) is 82.1 Å². The minimum Gasteiger partial charge on any atom is -0.363 e. The van der Waals surface area contributed by atoms with Crippen LogP contribution < -0.4 is 10.0 Å². The lowest BCUT2D eigenvalue weighted by Crippen LogP contribution is -2.48. The Kier molecular flexibility index (Phi) is 10.1. The first-order chi connectivity index (χ1) is 20.5. The van der Waals surface area contributed by atoms with Crippen LogP contribution in [-0.2, 0) is 10.2 Å². The molecule has 4 rings (SSSR count). The van der Waals surface area contributed by atoms with Gasteiger partial charge in [0.15, 0.2) is 0 Å². The zero-order chi connectivity index (χ0) is 32.3. The summed E-state index contributed by atoms with van der Waals surface area (Å²) in [6, 6.07) is 8.42. The third-order valence-electron chi connectivity index (χ3n) is 7.45. The van der Waals surface area contributed by atoms with Crippen molar-refractivity contribution in [1.29, 1.82) is 0 Å². The number of rotatable bonds is 9. The van der Waals surface area contributed by atoms with Crippen molar-refractivity contribution in [1.82, 2.24) is 29.6 Å². The van der Waals surface area contributed by atoms with Gasteiger partial charge in [0.25, 0.3) is 5.91 Å². The molecule has 4 heterocycles. The summed E-state index contributed by atoms with van der Waals surface area (Å²) in [7, 11) is 0. The minimum atomic E-state index is -4.91. The molecule has 2 atom stereocenters. The molecule has 9 nitrogen and oxygen atoms in total. The number of likely N-dealkylation sites (tertiary alicyclic amines) is 1. The van der Waals surface area contributed by atoms with Gasteiger partial charge in [-0.15, -0.1) is 0 Å². The standard InChI is InChI=1S/C30H35ClF3N7O2S/c1-28(2,3)22-12-10-20(25(31)38-22)26(42)40-44-24-8-6-7-23(39-24)37-21(19-14-35-17-36-15-19)11-9-18-13-29(4,5)41(16-18)27(43)30(32,33)34/h6-8,10,12,14-15,17-18,21H,9,11,13,16H2,1-5H3,(H,37,39)(H,40,42)/t18-,21?/m0/s1. The number of nitrogens with zero attached hydrogens (tertiary/aromatic N) is 5. The van der Waals surface area contributed by atoms with Crippen LogP contribution in [0.2, 0.25) is 5.15 Å². The van der Waals surface area contributed by atoms with Crippen molar-refractivity contribution in [3.05, 3.63) is 71.0 Å². The van der Waals surface area contributed by atoms with E-state index in [1.807, 2.05) is 20.8 Å². The topological polar surface area (TPSA) is 113 Å². The van der Waals surface area contributed by atoms with E-state index >= 15 is 0 Å². The van der Waals surface area contributed by atoms with Gasteiger partial charge in [-0.3, -0.25) is 14.3 Å². The van der Waals surface area contributed by atoms with E-state index in [9.17, 15) is 22.8 Å². The maximum atomic E-state index is 13.2. The molecule has 2 N–H and O–H groups in total. The summed E-state index contributed by atoms with van der Waals surface area (Å²) in [5, 5.41) is 4.01. The highest BCUT2D eigenvalue weighted by atomic mass is 35.5. The average molecular weight is 650 g/mol. The lowest BCUT2D eigenvalue weighted by Gasteiger charge is -2.31. The number of nitrogens with one attached hydrogen (secondary N) is 2. The molecule has 0 spiro atoms. The van der Waals surface area contributed by atoms with Crippen LogP contribution in [0.15, 0.2) is 54.1 Å². The number of hydrogen-bond acceptors (Lipinski definition) is 8. The summed E-state index contributed by atoms with van der Waals surface area (Å²) < 4.78 is 42.3. The first-order valence-electron chi connectivity index (χ1n) is 14.1. The Labute approximate surface area is 263 Å². The van der Waals surface area contributed by atoms with Gasteiger partial charge >= 0.3 is 12.1 Å². The second kappa shape index (κ2) is 13.3. The molecule has 2 amide bonds. The van der Waals surface area contributed by atoms with Crippen LogP contribution in [-0.4, -0.2) is 54.9 Å². The normalized spacial score (nSPS) is 17.3. The number of halogens is 4.